The number of rotatable bonds is 74. The zero-order valence-corrected chi connectivity index (χ0v) is 63.9. The van der Waals surface area contributed by atoms with Crippen molar-refractivity contribution in [1.29, 1.82) is 0 Å². The first-order valence-corrected chi connectivity index (χ1v) is 42.3. The normalized spacial score (nSPS) is 14.1. The maximum absolute atomic E-state index is 13.1. The average Bonchev–Trinajstić information content (AvgIpc) is 1.44. The van der Waals surface area contributed by atoms with E-state index in [0.29, 0.717) is 25.7 Å². The number of hydrogen-bond donors (Lipinski definition) is 3. The molecule has 2 unspecified atom stereocenters. The Labute approximate surface area is 581 Å². The molecule has 19 heteroatoms. The number of phosphoric ester groups is 2. The van der Waals surface area contributed by atoms with Gasteiger partial charge in [-0.05, 0) is 43.4 Å². The number of aliphatic hydroxyl groups is 1. The van der Waals surface area contributed by atoms with Crippen LogP contribution in [0.5, 0.6) is 0 Å². The van der Waals surface area contributed by atoms with E-state index in [4.69, 9.17) is 37.0 Å². The van der Waals surface area contributed by atoms with E-state index in [0.717, 1.165) is 108 Å². The molecule has 3 N–H and O–H groups in total. The molecule has 0 aliphatic carbocycles. The maximum atomic E-state index is 13.1. The highest BCUT2D eigenvalue weighted by molar-refractivity contribution is 7.47. The summed E-state index contributed by atoms with van der Waals surface area (Å²) in [5.74, 6) is 0.195. The van der Waals surface area contributed by atoms with E-state index in [1.54, 1.807) is 0 Å². The van der Waals surface area contributed by atoms with E-state index in [2.05, 4.69) is 48.5 Å². The average molecular weight is 1400 g/mol. The molecule has 0 fully saturated rings. The predicted octanol–water partition coefficient (Wildman–Crippen LogP) is 22.2. The maximum Gasteiger partial charge on any atom is 0.472 e. The molecule has 0 aromatic heterocycles. The first-order valence-electron chi connectivity index (χ1n) is 39.3. The summed E-state index contributed by atoms with van der Waals surface area (Å²) in [6.45, 7) is 11.9. The minimum Gasteiger partial charge on any atom is -0.462 e. The number of carbonyl (C=O) groups is 4. The van der Waals surface area contributed by atoms with Crippen molar-refractivity contribution < 1.29 is 80.2 Å². The van der Waals surface area contributed by atoms with Gasteiger partial charge in [-0.2, -0.15) is 0 Å². The van der Waals surface area contributed by atoms with Crippen LogP contribution in [0.3, 0.4) is 0 Å². The van der Waals surface area contributed by atoms with Gasteiger partial charge in [0.1, 0.15) is 19.3 Å². The van der Waals surface area contributed by atoms with Crippen LogP contribution in [0.4, 0.5) is 0 Å². The van der Waals surface area contributed by atoms with Crippen molar-refractivity contribution in [2.45, 2.75) is 407 Å². The van der Waals surface area contributed by atoms with Crippen LogP contribution in [0.1, 0.15) is 389 Å². The lowest BCUT2D eigenvalue weighted by atomic mass is 10.0. The van der Waals surface area contributed by atoms with E-state index >= 15 is 0 Å². The van der Waals surface area contributed by atoms with Gasteiger partial charge < -0.3 is 33.8 Å². The van der Waals surface area contributed by atoms with Crippen LogP contribution in [0.15, 0.2) is 0 Å². The van der Waals surface area contributed by atoms with Crippen LogP contribution >= 0.6 is 15.6 Å². The Bertz CT molecular complexity index is 1850. The summed E-state index contributed by atoms with van der Waals surface area (Å²) in [4.78, 5) is 72.7. The molecule has 95 heavy (non-hydrogen) atoms. The summed E-state index contributed by atoms with van der Waals surface area (Å²) in [5.41, 5.74) is 0. The molecule has 0 saturated carbocycles. The summed E-state index contributed by atoms with van der Waals surface area (Å²) in [7, 11) is -9.91. The van der Waals surface area contributed by atoms with E-state index in [1.165, 1.54) is 199 Å². The molecule has 17 nitrogen and oxygen atoms in total. The standard InChI is InChI=1S/C76H148O17P2/c1-8-9-10-11-12-26-36-43-50-57-73(78)86-63-71(93-76(81)60-53-46-39-32-25-29-35-42-49-56-69(6)7)65-90-94(82,83)88-61-70(77)62-89-95(84,85)91-66-72(64-87-74(79)58-51-44-37-30-24-23-28-34-41-48-55-68(4)5)92-75(80)59-52-45-38-31-22-20-18-16-14-13-15-17-19-21-27-33-40-47-54-67(2)3/h67-72,77H,8-66H2,1-7H3,(H,82,83)(H,84,85)/t70-,71+,72+/m0/s1. The van der Waals surface area contributed by atoms with Gasteiger partial charge in [0.05, 0.1) is 26.4 Å². The molecular weight excluding hydrogens is 1250 g/mol. The Morgan fingerprint density at radius 2 is 0.484 bits per heavy atom. The molecule has 0 amide bonds. The fraction of sp³-hybridized carbons (Fsp3) is 0.947. The second kappa shape index (κ2) is 66.6. The molecule has 0 spiro atoms. The zero-order valence-electron chi connectivity index (χ0n) is 62.1. The first kappa shape index (κ1) is 93.1. The third-order valence-electron chi connectivity index (χ3n) is 17.6. The molecule has 5 atom stereocenters. The smallest absolute Gasteiger partial charge is 0.462 e. The van der Waals surface area contributed by atoms with Gasteiger partial charge in [0.25, 0.3) is 0 Å². The van der Waals surface area contributed by atoms with E-state index in [-0.39, 0.29) is 25.7 Å². The van der Waals surface area contributed by atoms with Gasteiger partial charge in [0.15, 0.2) is 12.2 Å². The number of esters is 4. The van der Waals surface area contributed by atoms with Gasteiger partial charge in [-0.3, -0.25) is 37.3 Å². The molecule has 0 aliphatic rings. The molecule has 0 aromatic rings. The summed E-state index contributed by atoms with van der Waals surface area (Å²) >= 11 is 0. The van der Waals surface area contributed by atoms with Crippen LogP contribution in [0.2, 0.25) is 0 Å². The van der Waals surface area contributed by atoms with Crippen LogP contribution in [-0.2, 0) is 65.4 Å². The van der Waals surface area contributed by atoms with Crippen LogP contribution in [-0.4, -0.2) is 96.7 Å². The van der Waals surface area contributed by atoms with E-state index in [1.807, 2.05) is 0 Å². The van der Waals surface area contributed by atoms with Crippen LogP contribution < -0.4 is 0 Å². The Morgan fingerprint density at radius 1 is 0.284 bits per heavy atom. The Hall–Kier alpha value is -1.94. The summed E-state index contributed by atoms with van der Waals surface area (Å²) in [6.07, 6.45) is 52.8. The minimum atomic E-state index is -4.96. The second-order valence-corrected chi connectivity index (χ2v) is 31.7. The van der Waals surface area contributed by atoms with Gasteiger partial charge in [-0.15, -0.1) is 0 Å². The molecule has 0 rings (SSSR count). The highest BCUT2D eigenvalue weighted by atomic mass is 31.2. The lowest BCUT2D eigenvalue weighted by Gasteiger charge is -2.21. The molecule has 564 valence electrons. The van der Waals surface area contributed by atoms with Crippen molar-refractivity contribution in [2.24, 2.45) is 17.8 Å². The van der Waals surface area contributed by atoms with Gasteiger partial charge in [0.2, 0.25) is 0 Å². The number of phosphoric acid groups is 2. The lowest BCUT2D eigenvalue weighted by molar-refractivity contribution is -0.161. The Kier molecular flexibility index (Phi) is 65.2. The monoisotopic (exact) mass is 1400 g/mol. The fourth-order valence-electron chi connectivity index (χ4n) is 11.6. The fourth-order valence-corrected chi connectivity index (χ4v) is 13.2. The van der Waals surface area contributed by atoms with Crippen molar-refractivity contribution in [3.63, 3.8) is 0 Å². The van der Waals surface area contributed by atoms with Crippen LogP contribution in [0, 0.1) is 17.8 Å². The highest BCUT2D eigenvalue weighted by Crippen LogP contribution is 2.45. The van der Waals surface area contributed by atoms with Crippen LogP contribution in [0.25, 0.3) is 0 Å². The topological polar surface area (TPSA) is 237 Å². The first-order chi connectivity index (χ1) is 45.7. The molecular formula is C76H148O17P2. The predicted molar refractivity (Wildman–Crippen MR) is 386 cm³/mol. The third-order valence-corrected chi connectivity index (χ3v) is 19.5. The Morgan fingerprint density at radius 3 is 0.716 bits per heavy atom. The SMILES string of the molecule is CCCCCCCCCCCC(=O)OC[C@H](COP(=O)(O)OC[C@H](O)COP(=O)(O)OC[C@@H](COC(=O)CCCCCCCCCCCCC(C)C)OC(=O)CCCCCCCCCCCCCCCCCCCCC(C)C)OC(=O)CCCCCCCCCCCC(C)C. The number of carbonyl (C=O) groups excluding carboxylic acids is 4. The minimum absolute atomic E-state index is 0.105. The summed E-state index contributed by atoms with van der Waals surface area (Å²) in [5, 5.41) is 10.6. The van der Waals surface area contributed by atoms with Crippen molar-refractivity contribution in [3.05, 3.63) is 0 Å². The largest absolute Gasteiger partial charge is 0.472 e. The number of unbranched alkanes of at least 4 members (excludes halogenated alkanes) is 42. The number of ether oxygens (including phenoxy) is 4. The summed E-state index contributed by atoms with van der Waals surface area (Å²) < 4.78 is 68.5. The molecule has 0 heterocycles. The lowest BCUT2D eigenvalue weighted by Crippen LogP contribution is -2.30. The second-order valence-electron chi connectivity index (χ2n) is 28.8. The highest BCUT2D eigenvalue weighted by Gasteiger charge is 2.30. The molecule has 0 aromatic carbocycles. The molecule has 0 aliphatic heterocycles. The van der Waals surface area contributed by atoms with E-state index < -0.39 is 97.5 Å². The van der Waals surface area contributed by atoms with Crippen molar-refractivity contribution in [1.82, 2.24) is 0 Å². The van der Waals surface area contributed by atoms with Crippen molar-refractivity contribution >= 4 is 39.5 Å². The van der Waals surface area contributed by atoms with Crippen molar-refractivity contribution in [2.75, 3.05) is 39.6 Å². The van der Waals surface area contributed by atoms with Gasteiger partial charge in [-0.1, -0.05) is 337 Å². The van der Waals surface area contributed by atoms with Gasteiger partial charge in [0, 0.05) is 25.7 Å². The third kappa shape index (κ3) is 70.3. The Balaban J connectivity index is 5.19. The quantitative estimate of drug-likeness (QED) is 0.0222. The van der Waals surface area contributed by atoms with Gasteiger partial charge in [-0.25, -0.2) is 9.13 Å². The molecule has 0 radical (unpaired) electrons. The van der Waals surface area contributed by atoms with Gasteiger partial charge >= 0.3 is 39.5 Å². The van der Waals surface area contributed by atoms with E-state index in [9.17, 15) is 43.2 Å². The zero-order chi connectivity index (χ0) is 70.1. The number of aliphatic hydroxyl groups excluding tert-OH is 1. The molecule has 0 bridgehead atoms. The summed E-state index contributed by atoms with van der Waals surface area (Å²) in [6, 6.07) is 0. The number of hydrogen-bond acceptors (Lipinski definition) is 15. The van der Waals surface area contributed by atoms with Crippen molar-refractivity contribution in [3.8, 4) is 0 Å². The molecule has 0 saturated heterocycles.